The van der Waals surface area contributed by atoms with Crippen molar-refractivity contribution < 1.29 is 13.2 Å². The number of halogens is 1. The minimum atomic E-state index is -3.61. The van der Waals surface area contributed by atoms with Crippen LogP contribution in [0.4, 0.5) is 5.82 Å². The average Bonchev–Trinajstić information content (AvgIpc) is 2.39. The molecular weight excluding hydrogens is 302 g/mol. The van der Waals surface area contributed by atoms with Crippen molar-refractivity contribution >= 4 is 27.4 Å². The van der Waals surface area contributed by atoms with Gasteiger partial charge in [0, 0.05) is 33.0 Å². The summed E-state index contributed by atoms with van der Waals surface area (Å²) in [5.41, 5.74) is 0. The van der Waals surface area contributed by atoms with Gasteiger partial charge in [-0.05, 0) is 18.9 Å². The molecule has 1 heterocycles. The lowest BCUT2D eigenvalue weighted by molar-refractivity contribution is 0.161. The van der Waals surface area contributed by atoms with E-state index in [1.165, 1.54) is 12.3 Å². The highest BCUT2D eigenvalue weighted by Gasteiger charge is 2.17. The minimum Gasteiger partial charge on any atom is -0.384 e. The van der Waals surface area contributed by atoms with E-state index in [4.69, 9.17) is 16.3 Å². The molecule has 0 amide bonds. The third-order valence-corrected chi connectivity index (χ3v) is 4.22. The number of hydrogen-bond acceptors (Lipinski definition) is 5. The minimum absolute atomic E-state index is 0.0498. The van der Waals surface area contributed by atoms with Crippen molar-refractivity contribution in [3.63, 3.8) is 0 Å². The number of anilines is 1. The van der Waals surface area contributed by atoms with Gasteiger partial charge < -0.3 is 10.1 Å². The summed E-state index contributed by atoms with van der Waals surface area (Å²) in [6.45, 7) is 5.24. The Balaban J connectivity index is 2.80. The molecule has 0 aromatic carbocycles. The van der Waals surface area contributed by atoms with E-state index in [0.717, 1.165) is 0 Å². The zero-order valence-corrected chi connectivity index (χ0v) is 13.4. The lowest BCUT2D eigenvalue weighted by Crippen LogP contribution is -2.30. The van der Waals surface area contributed by atoms with E-state index < -0.39 is 10.0 Å². The lowest BCUT2D eigenvalue weighted by atomic mass is 10.2. The van der Waals surface area contributed by atoms with E-state index in [9.17, 15) is 8.42 Å². The predicted octanol–water partition coefficient (Wildman–Crippen LogP) is 1.73. The molecule has 0 aliphatic carbocycles. The fraction of sp³-hybridized carbons (Fsp3) is 0.583. The van der Waals surface area contributed by atoms with Gasteiger partial charge in [-0.25, -0.2) is 18.1 Å². The van der Waals surface area contributed by atoms with Gasteiger partial charge in [0.2, 0.25) is 10.0 Å². The van der Waals surface area contributed by atoms with Gasteiger partial charge in [-0.1, -0.05) is 18.5 Å². The zero-order chi connectivity index (χ0) is 15.2. The Morgan fingerprint density at radius 3 is 2.75 bits per heavy atom. The molecule has 1 aromatic rings. The van der Waals surface area contributed by atoms with E-state index in [0.29, 0.717) is 25.5 Å². The third kappa shape index (κ3) is 4.90. The van der Waals surface area contributed by atoms with E-state index in [-0.39, 0.29) is 15.8 Å². The number of nitrogens with zero attached hydrogens (tertiary/aromatic N) is 1. The van der Waals surface area contributed by atoms with E-state index in [2.05, 4.69) is 15.0 Å². The summed E-state index contributed by atoms with van der Waals surface area (Å²) in [6, 6.07) is 1.38. The second kappa shape index (κ2) is 7.78. The lowest BCUT2D eigenvalue weighted by Gasteiger charge is -2.12. The van der Waals surface area contributed by atoms with Crippen molar-refractivity contribution in [1.29, 1.82) is 0 Å². The van der Waals surface area contributed by atoms with Gasteiger partial charge in [-0.15, -0.1) is 0 Å². The Hall–Kier alpha value is -0.890. The molecule has 114 valence electrons. The van der Waals surface area contributed by atoms with Crippen LogP contribution in [0.5, 0.6) is 0 Å². The average molecular weight is 322 g/mol. The highest BCUT2D eigenvalue weighted by molar-refractivity contribution is 7.89. The van der Waals surface area contributed by atoms with E-state index >= 15 is 0 Å². The molecule has 0 spiro atoms. The number of aromatic nitrogens is 1. The molecule has 0 bridgehead atoms. The first-order valence-electron chi connectivity index (χ1n) is 6.28. The maximum atomic E-state index is 12.1. The maximum Gasteiger partial charge on any atom is 0.242 e. The molecule has 8 heteroatoms. The molecule has 0 saturated carbocycles. The fourth-order valence-corrected chi connectivity index (χ4v) is 2.98. The first kappa shape index (κ1) is 17.2. The highest BCUT2D eigenvalue weighted by Crippen LogP contribution is 2.22. The second-order valence-corrected chi connectivity index (χ2v) is 6.62. The number of pyridine rings is 1. The first-order chi connectivity index (χ1) is 9.40. The number of hydrogen-bond donors (Lipinski definition) is 2. The van der Waals surface area contributed by atoms with Gasteiger partial charge in [-0.3, -0.25) is 0 Å². The van der Waals surface area contributed by atoms with Gasteiger partial charge >= 0.3 is 0 Å². The summed E-state index contributed by atoms with van der Waals surface area (Å²) in [5.74, 6) is 0.556. The van der Waals surface area contributed by atoms with Crippen molar-refractivity contribution in [2.45, 2.75) is 18.7 Å². The number of ether oxygens (including phenoxy) is 1. The summed E-state index contributed by atoms with van der Waals surface area (Å²) in [7, 11) is -2.03. The summed E-state index contributed by atoms with van der Waals surface area (Å²) in [6.07, 6.45) is 1.28. The molecule has 0 aliphatic heterocycles. The Morgan fingerprint density at radius 2 is 2.20 bits per heavy atom. The zero-order valence-electron chi connectivity index (χ0n) is 11.8. The third-order valence-electron chi connectivity index (χ3n) is 2.54. The van der Waals surface area contributed by atoms with Crippen LogP contribution in [0.15, 0.2) is 17.2 Å². The molecule has 1 rings (SSSR count). The maximum absolute atomic E-state index is 12.1. The quantitative estimate of drug-likeness (QED) is 0.762. The van der Waals surface area contributed by atoms with Crippen molar-refractivity contribution in [1.82, 2.24) is 9.71 Å². The van der Waals surface area contributed by atoms with Gasteiger partial charge in [0.15, 0.2) is 0 Å². The summed E-state index contributed by atoms with van der Waals surface area (Å²) in [5, 5.41) is 3.22. The summed E-state index contributed by atoms with van der Waals surface area (Å²) < 4.78 is 31.7. The standard InChI is InChI=1S/C12H20ClN3O3S/c1-4-14-12-11(13)5-10(7-15-12)20(17,18)16-6-9(2)8-19-3/h5,7,9,16H,4,6,8H2,1-3H3,(H,14,15). The largest absolute Gasteiger partial charge is 0.384 e. The van der Waals surface area contributed by atoms with Crippen LogP contribution in [0.2, 0.25) is 5.02 Å². The topological polar surface area (TPSA) is 80.3 Å². The molecule has 0 saturated heterocycles. The van der Waals surface area contributed by atoms with Gasteiger partial charge in [-0.2, -0.15) is 0 Å². The van der Waals surface area contributed by atoms with E-state index in [1.54, 1.807) is 7.11 Å². The van der Waals surface area contributed by atoms with Crippen molar-refractivity contribution in [3.8, 4) is 0 Å². The fourth-order valence-electron chi connectivity index (χ4n) is 1.54. The summed E-state index contributed by atoms with van der Waals surface area (Å²) >= 11 is 5.99. The number of rotatable bonds is 8. The van der Waals surface area contributed by atoms with Crippen molar-refractivity contribution in [3.05, 3.63) is 17.3 Å². The molecule has 6 nitrogen and oxygen atoms in total. The molecule has 1 aromatic heterocycles. The Labute approximate surface area is 124 Å². The van der Waals surface area contributed by atoms with Crippen LogP contribution in [0, 0.1) is 5.92 Å². The van der Waals surface area contributed by atoms with Gasteiger partial charge in [0.05, 0.1) is 5.02 Å². The first-order valence-corrected chi connectivity index (χ1v) is 8.14. The van der Waals surface area contributed by atoms with Crippen molar-refractivity contribution in [2.75, 3.05) is 32.1 Å². The monoisotopic (exact) mass is 321 g/mol. The predicted molar refractivity (Wildman–Crippen MR) is 79.6 cm³/mol. The molecule has 0 radical (unpaired) electrons. The van der Waals surface area contributed by atoms with Gasteiger partial charge in [0.1, 0.15) is 10.7 Å². The molecule has 1 atom stereocenters. The van der Waals surface area contributed by atoms with Crippen LogP contribution in [0.3, 0.4) is 0 Å². The number of nitrogens with one attached hydrogen (secondary N) is 2. The SMILES string of the molecule is CCNc1ncc(S(=O)(=O)NCC(C)COC)cc1Cl. The Morgan fingerprint density at radius 1 is 1.50 bits per heavy atom. The summed E-state index contributed by atoms with van der Waals surface area (Å²) in [4.78, 5) is 4.06. The van der Waals surface area contributed by atoms with Crippen LogP contribution in [0.1, 0.15) is 13.8 Å². The van der Waals surface area contributed by atoms with Crippen molar-refractivity contribution in [2.24, 2.45) is 5.92 Å². The smallest absolute Gasteiger partial charge is 0.242 e. The van der Waals surface area contributed by atoms with Crippen LogP contribution >= 0.6 is 11.6 Å². The van der Waals surface area contributed by atoms with Crippen LogP contribution < -0.4 is 10.0 Å². The molecule has 1 unspecified atom stereocenters. The molecule has 20 heavy (non-hydrogen) atoms. The van der Waals surface area contributed by atoms with E-state index in [1.807, 2.05) is 13.8 Å². The molecular formula is C12H20ClN3O3S. The number of methoxy groups -OCH3 is 1. The Kier molecular flexibility index (Phi) is 6.67. The molecule has 0 aliphatic rings. The van der Waals surface area contributed by atoms with Gasteiger partial charge in [0.25, 0.3) is 0 Å². The van der Waals surface area contributed by atoms with Crippen LogP contribution in [-0.4, -0.2) is 40.2 Å². The molecule has 2 N–H and O–H groups in total. The molecule has 0 fully saturated rings. The van der Waals surface area contributed by atoms with Crippen LogP contribution in [-0.2, 0) is 14.8 Å². The normalized spacial score (nSPS) is 13.2. The Bertz CT molecular complexity index is 537. The highest BCUT2D eigenvalue weighted by atomic mass is 35.5. The number of sulfonamides is 1. The van der Waals surface area contributed by atoms with Crippen LogP contribution in [0.25, 0.3) is 0 Å². The second-order valence-electron chi connectivity index (χ2n) is 4.44.